The molecule has 0 aliphatic heterocycles. The molecule has 0 aliphatic carbocycles. The molecule has 1 heterocycles. The third-order valence-corrected chi connectivity index (χ3v) is 3.39. The number of halogens is 2. The zero-order valence-corrected chi connectivity index (χ0v) is 11.9. The normalized spacial score (nSPS) is 10.5. The number of rotatable bonds is 4. The maximum absolute atomic E-state index is 13.3. The number of aromatic nitrogens is 2. The Bertz CT molecular complexity index is 597. The maximum Gasteiger partial charge on any atom is 0.252 e. The van der Waals surface area contributed by atoms with Crippen LogP contribution < -0.4 is 5.32 Å². The summed E-state index contributed by atoms with van der Waals surface area (Å²) in [5.74, 6) is -0.759. The van der Waals surface area contributed by atoms with Gasteiger partial charge in [0, 0.05) is 12.7 Å². The fourth-order valence-electron chi connectivity index (χ4n) is 1.65. The summed E-state index contributed by atoms with van der Waals surface area (Å²) in [6, 6.07) is 4.37. The lowest BCUT2D eigenvalue weighted by molar-refractivity contribution is 0.0950. The highest BCUT2D eigenvalue weighted by atomic mass is 79.9. The van der Waals surface area contributed by atoms with Gasteiger partial charge in [-0.3, -0.25) is 9.48 Å². The molecule has 1 amide bonds. The number of aryl methyl sites for hydroxylation is 1. The second-order valence-electron chi connectivity index (χ2n) is 4.14. The van der Waals surface area contributed by atoms with E-state index < -0.39 is 5.82 Å². The lowest BCUT2D eigenvalue weighted by Gasteiger charge is -2.07. The first-order valence-corrected chi connectivity index (χ1v) is 6.58. The van der Waals surface area contributed by atoms with Crippen molar-refractivity contribution in [1.82, 2.24) is 15.1 Å². The van der Waals surface area contributed by atoms with E-state index in [-0.39, 0.29) is 15.9 Å². The molecule has 1 aromatic carbocycles. The van der Waals surface area contributed by atoms with Crippen LogP contribution in [0, 0.1) is 12.7 Å². The molecule has 0 saturated carbocycles. The molecule has 0 unspecified atom stereocenters. The quantitative estimate of drug-likeness (QED) is 0.938. The van der Waals surface area contributed by atoms with E-state index in [1.54, 1.807) is 16.9 Å². The van der Waals surface area contributed by atoms with E-state index in [9.17, 15) is 9.18 Å². The largest absolute Gasteiger partial charge is 0.350 e. The van der Waals surface area contributed by atoms with Gasteiger partial charge in [0.15, 0.2) is 0 Å². The highest BCUT2D eigenvalue weighted by Crippen LogP contribution is 2.20. The number of amides is 1. The molecule has 0 atom stereocenters. The van der Waals surface area contributed by atoms with Gasteiger partial charge in [0.2, 0.25) is 0 Å². The average Bonchev–Trinajstić information content (AvgIpc) is 2.78. The van der Waals surface area contributed by atoms with Crippen molar-refractivity contribution >= 4 is 21.8 Å². The van der Waals surface area contributed by atoms with Crippen molar-refractivity contribution in [1.29, 1.82) is 0 Å². The summed E-state index contributed by atoms with van der Waals surface area (Å²) in [4.78, 5) is 11.9. The van der Waals surface area contributed by atoms with Gasteiger partial charge in [-0.2, -0.15) is 5.10 Å². The number of carbonyl (C=O) groups is 1. The van der Waals surface area contributed by atoms with Crippen LogP contribution in [0.25, 0.3) is 0 Å². The first-order valence-electron chi connectivity index (χ1n) is 5.79. The molecule has 1 aromatic heterocycles. The molecule has 0 radical (unpaired) electrons. The predicted octanol–water partition coefficient (Wildman–Crippen LogP) is 2.52. The molecule has 0 spiro atoms. The standard InChI is InChI=1S/C13H13BrFN3O/c1-9-7-17-18(8-9)6-5-16-13(19)10-3-2-4-11(15)12(10)14/h2-4,7-8H,5-6H2,1H3,(H,16,19). The van der Waals surface area contributed by atoms with Crippen molar-refractivity contribution in [3.63, 3.8) is 0 Å². The first kappa shape index (κ1) is 13.7. The van der Waals surface area contributed by atoms with Gasteiger partial charge >= 0.3 is 0 Å². The first-order chi connectivity index (χ1) is 9.08. The zero-order chi connectivity index (χ0) is 13.8. The molecule has 4 nitrogen and oxygen atoms in total. The Hall–Kier alpha value is -1.69. The van der Waals surface area contributed by atoms with Crippen LogP contribution in [0.4, 0.5) is 4.39 Å². The van der Waals surface area contributed by atoms with E-state index >= 15 is 0 Å². The Kier molecular flexibility index (Phi) is 4.31. The van der Waals surface area contributed by atoms with E-state index in [0.717, 1.165) is 5.56 Å². The van der Waals surface area contributed by atoms with Crippen molar-refractivity contribution in [2.24, 2.45) is 0 Å². The van der Waals surface area contributed by atoms with Crippen LogP contribution in [0.1, 0.15) is 15.9 Å². The van der Waals surface area contributed by atoms with E-state index in [1.807, 2.05) is 13.1 Å². The molecular weight excluding hydrogens is 313 g/mol. The molecule has 2 aromatic rings. The molecule has 100 valence electrons. The van der Waals surface area contributed by atoms with Gasteiger partial charge in [-0.1, -0.05) is 6.07 Å². The summed E-state index contributed by atoms with van der Waals surface area (Å²) < 4.78 is 15.2. The molecule has 0 saturated heterocycles. The van der Waals surface area contributed by atoms with Crippen molar-refractivity contribution in [2.45, 2.75) is 13.5 Å². The summed E-state index contributed by atoms with van der Waals surface area (Å²) in [6.07, 6.45) is 3.65. The van der Waals surface area contributed by atoms with Gasteiger partial charge in [-0.15, -0.1) is 0 Å². The highest BCUT2D eigenvalue weighted by molar-refractivity contribution is 9.10. The van der Waals surface area contributed by atoms with Gasteiger partial charge in [-0.05, 0) is 40.5 Å². The molecule has 1 N–H and O–H groups in total. The van der Waals surface area contributed by atoms with Crippen LogP contribution in [-0.4, -0.2) is 22.2 Å². The topological polar surface area (TPSA) is 46.9 Å². The van der Waals surface area contributed by atoms with Crippen molar-refractivity contribution in [2.75, 3.05) is 6.54 Å². The summed E-state index contributed by atoms with van der Waals surface area (Å²) in [6.45, 7) is 2.96. The predicted molar refractivity (Wildman–Crippen MR) is 73.4 cm³/mol. The second kappa shape index (κ2) is 5.97. The lowest BCUT2D eigenvalue weighted by atomic mass is 10.2. The van der Waals surface area contributed by atoms with Gasteiger partial charge in [-0.25, -0.2) is 4.39 Å². The molecule has 2 rings (SSSR count). The van der Waals surface area contributed by atoms with Crippen LogP contribution >= 0.6 is 15.9 Å². The number of carbonyl (C=O) groups excluding carboxylic acids is 1. The molecule has 6 heteroatoms. The van der Waals surface area contributed by atoms with Crippen LogP contribution in [0.15, 0.2) is 35.1 Å². The van der Waals surface area contributed by atoms with Gasteiger partial charge in [0.1, 0.15) is 5.82 Å². The van der Waals surface area contributed by atoms with Crippen molar-refractivity contribution in [3.05, 3.63) is 52.0 Å². The number of nitrogens with zero attached hydrogens (tertiary/aromatic N) is 2. The fraction of sp³-hybridized carbons (Fsp3) is 0.231. The van der Waals surface area contributed by atoms with Crippen LogP contribution in [0.2, 0.25) is 0 Å². The summed E-state index contributed by atoms with van der Waals surface area (Å²) in [5, 5.41) is 6.84. The average molecular weight is 326 g/mol. The number of nitrogens with one attached hydrogen (secondary N) is 1. The SMILES string of the molecule is Cc1cnn(CCNC(=O)c2cccc(F)c2Br)c1. The Morgan fingerprint density at radius 1 is 1.53 bits per heavy atom. The van der Waals surface area contributed by atoms with Crippen LogP contribution in [0.5, 0.6) is 0 Å². The van der Waals surface area contributed by atoms with Crippen molar-refractivity contribution in [3.8, 4) is 0 Å². The zero-order valence-electron chi connectivity index (χ0n) is 10.4. The third-order valence-electron chi connectivity index (χ3n) is 2.59. The van der Waals surface area contributed by atoms with E-state index in [1.165, 1.54) is 12.1 Å². The Labute approximate surface area is 118 Å². The summed E-state index contributed by atoms with van der Waals surface area (Å²) in [5.41, 5.74) is 1.36. The fourth-order valence-corrected chi connectivity index (χ4v) is 2.09. The Morgan fingerprint density at radius 3 is 3.00 bits per heavy atom. The van der Waals surface area contributed by atoms with Gasteiger partial charge in [0.05, 0.1) is 22.8 Å². The Morgan fingerprint density at radius 2 is 2.32 bits per heavy atom. The summed E-state index contributed by atoms with van der Waals surface area (Å²) >= 11 is 3.07. The van der Waals surface area contributed by atoms with E-state index in [4.69, 9.17) is 0 Å². The molecule has 0 aliphatic rings. The second-order valence-corrected chi connectivity index (χ2v) is 4.93. The minimum atomic E-state index is -0.449. The smallest absolute Gasteiger partial charge is 0.252 e. The van der Waals surface area contributed by atoms with Crippen LogP contribution in [0.3, 0.4) is 0 Å². The summed E-state index contributed by atoms with van der Waals surface area (Å²) in [7, 11) is 0. The third kappa shape index (κ3) is 3.41. The van der Waals surface area contributed by atoms with Gasteiger partial charge in [0.25, 0.3) is 5.91 Å². The molecule has 0 bridgehead atoms. The van der Waals surface area contributed by atoms with Crippen LogP contribution in [-0.2, 0) is 6.54 Å². The monoisotopic (exact) mass is 325 g/mol. The van der Waals surface area contributed by atoms with E-state index in [2.05, 4.69) is 26.3 Å². The van der Waals surface area contributed by atoms with E-state index in [0.29, 0.717) is 13.1 Å². The number of benzene rings is 1. The minimum absolute atomic E-state index is 0.183. The number of hydrogen-bond donors (Lipinski definition) is 1. The highest BCUT2D eigenvalue weighted by Gasteiger charge is 2.12. The molecular formula is C13H13BrFN3O. The molecule has 0 fully saturated rings. The van der Waals surface area contributed by atoms with Crippen molar-refractivity contribution < 1.29 is 9.18 Å². The number of hydrogen-bond acceptors (Lipinski definition) is 2. The molecule has 19 heavy (non-hydrogen) atoms. The Balaban J connectivity index is 1.93. The maximum atomic E-state index is 13.3. The van der Waals surface area contributed by atoms with Gasteiger partial charge < -0.3 is 5.32 Å². The minimum Gasteiger partial charge on any atom is -0.350 e. The lowest BCUT2D eigenvalue weighted by Crippen LogP contribution is -2.27.